The zero-order valence-electron chi connectivity index (χ0n) is 12.1. The van der Waals surface area contributed by atoms with Crippen molar-refractivity contribution in [1.82, 2.24) is 0 Å². The van der Waals surface area contributed by atoms with Gasteiger partial charge in [-0.15, -0.1) is 0 Å². The van der Waals surface area contributed by atoms with Crippen molar-refractivity contribution in [3.63, 3.8) is 0 Å². The highest BCUT2D eigenvalue weighted by molar-refractivity contribution is 9.42. The van der Waals surface area contributed by atoms with Gasteiger partial charge in [0.05, 0.1) is 0 Å². The summed E-state index contributed by atoms with van der Waals surface area (Å²) in [4.78, 5) is 0. The van der Waals surface area contributed by atoms with E-state index in [4.69, 9.17) is 0 Å². The van der Waals surface area contributed by atoms with E-state index in [0.29, 0.717) is 0 Å². The molecule has 1 unspecified atom stereocenters. The summed E-state index contributed by atoms with van der Waals surface area (Å²) in [5.41, 5.74) is 0. The van der Waals surface area contributed by atoms with Crippen molar-refractivity contribution in [2.24, 2.45) is 0 Å². The summed E-state index contributed by atoms with van der Waals surface area (Å²) in [5.74, 6) is 0. The van der Waals surface area contributed by atoms with Gasteiger partial charge in [0, 0.05) is 0 Å². The van der Waals surface area contributed by atoms with Crippen LogP contribution in [0.15, 0.2) is 0 Å². The first-order valence-corrected chi connectivity index (χ1v) is 20.9. The van der Waals surface area contributed by atoms with Crippen molar-refractivity contribution in [3.05, 3.63) is 0 Å². The highest BCUT2D eigenvalue weighted by atomic mass is 80.0. The lowest BCUT2D eigenvalue weighted by atomic mass is 10.1. The van der Waals surface area contributed by atoms with Crippen LogP contribution in [-0.2, 0) is 5.11 Å². The van der Waals surface area contributed by atoms with Gasteiger partial charge < -0.3 is 0 Å². The molecule has 175 valence electrons. The van der Waals surface area contributed by atoms with Crippen LogP contribution in [0.5, 0.6) is 0 Å². The molecule has 1 atom stereocenters. The predicted molar refractivity (Wildman–Crippen MR) is 195 cm³/mol. The molecule has 1 nitrogen and oxygen atoms in total. The zero-order valence-corrected chi connectivity index (χ0v) is 42.2. The van der Waals surface area contributed by atoms with Crippen molar-refractivity contribution < 1.29 is 5.11 Å². The van der Waals surface area contributed by atoms with Crippen LogP contribution in [0, 0.1) is 0 Å². The lowest BCUT2D eigenvalue weighted by molar-refractivity contribution is 0.0643. The quantitative estimate of drug-likeness (QED) is 0.236. The van der Waals surface area contributed by atoms with Gasteiger partial charge >= 0.3 is 0 Å². The number of halogens is 19. The predicted octanol–water partition coefficient (Wildman–Crippen LogP) is 14.1. The Morgan fingerprint density at radius 3 is 0.690 bits per heavy atom. The van der Waals surface area contributed by atoms with Gasteiger partial charge in [0.2, 0.25) is 4.51 Å². The first kappa shape index (κ1) is 38.1. The minimum atomic E-state index is -1.95. The van der Waals surface area contributed by atoms with Gasteiger partial charge in [0.15, 0.2) is 7.52 Å². The van der Waals surface area contributed by atoms with Crippen LogP contribution in [0.2, 0.25) is 0 Å². The molecule has 0 fully saturated rings. The highest BCUT2D eigenvalue weighted by Gasteiger charge is 2.79. The number of rotatable bonds is 6. The summed E-state index contributed by atoms with van der Waals surface area (Å²) >= 11 is 68.0. The molecule has 20 heteroatoms. The molecular weight excluding hydrogens is 1640 g/mol. The molecule has 0 aliphatic rings. The molecule has 0 heterocycles. The summed E-state index contributed by atoms with van der Waals surface area (Å²) in [5, 5.41) is 13.7. The maximum absolute atomic E-state index is 13.7. The SMILES string of the molecule is [O]C(Br)(C(Br)(Br)Br)C(Br)(Br)C(Br)(Br)C(Br)(Br)C(Br)(Br)C(Br)(Br)C(Br)(Br)C(Br)(Br)Br. The smallest absolute Gasteiger partial charge is 0.211 e. The van der Waals surface area contributed by atoms with Gasteiger partial charge in [0.1, 0.15) is 16.2 Å². The molecule has 1 radical (unpaired) electrons. The Balaban J connectivity index is 6.82. The molecule has 0 aliphatic carbocycles. The lowest BCUT2D eigenvalue weighted by Gasteiger charge is -2.57. The Bertz CT molecular complexity index is 554. The van der Waals surface area contributed by atoms with E-state index < -0.39 is 28.2 Å². The average molecular weight is 1640 g/mol. The van der Waals surface area contributed by atoms with Crippen LogP contribution >= 0.6 is 303 Å². The summed E-state index contributed by atoms with van der Waals surface area (Å²) in [7, 11) is 0. The zero-order chi connectivity index (χ0) is 24.5. The van der Waals surface area contributed by atoms with Gasteiger partial charge in [-0.2, -0.15) is 0 Å². The Hall–Kier alpha value is 9.08. The Morgan fingerprint density at radius 1 is 0.276 bits per heavy atom. The van der Waals surface area contributed by atoms with Gasteiger partial charge in [-0.3, -0.25) is 0 Å². The Morgan fingerprint density at radius 2 is 0.483 bits per heavy atom. The minimum absolute atomic E-state index is 0.842. The van der Waals surface area contributed by atoms with Crippen LogP contribution in [0.25, 0.3) is 0 Å². The molecule has 0 amide bonds. The molecule has 0 aromatic rings. The van der Waals surface area contributed by atoms with E-state index in [9.17, 15) is 5.11 Å². The van der Waals surface area contributed by atoms with Crippen molar-refractivity contribution in [2.45, 2.75) is 28.2 Å². The van der Waals surface area contributed by atoms with E-state index in [2.05, 4.69) is 303 Å². The third kappa shape index (κ3) is 6.94. The molecule has 29 heavy (non-hydrogen) atoms. The second kappa shape index (κ2) is 12.1. The second-order valence-corrected chi connectivity index (χ2v) is 40.3. The Kier molecular flexibility index (Phi) is 15.9. The summed E-state index contributed by atoms with van der Waals surface area (Å²) in [6, 6.07) is 0. The van der Waals surface area contributed by atoms with E-state index >= 15 is 0 Å². The topological polar surface area (TPSA) is 19.9 Å². The van der Waals surface area contributed by atoms with E-state index in [1.807, 2.05) is 0 Å². The standard InChI is InChI=1S/C9Br19O/c10-1(11,2(12,13)4(16,17)6(20,21)8(23,24)25)3(14,15)5(18,19)7(22,29)9(26,27)28. The van der Waals surface area contributed by atoms with E-state index in [0.717, 1.165) is 0 Å². The molecular formula is C9Br19O. The molecule has 0 saturated heterocycles. The maximum Gasteiger partial charge on any atom is 0.219 e. The fourth-order valence-electron chi connectivity index (χ4n) is 1.35. The van der Waals surface area contributed by atoms with Crippen molar-refractivity contribution in [2.75, 3.05) is 0 Å². The summed E-state index contributed by atoms with van der Waals surface area (Å²) in [6.07, 6.45) is 0. The van der Waals surface area contributed by atoms with Crippen LogP contribution in [-0.4, -0.2) is 28.2 Å². The summed E-state index contributed by atoms with van der Waals surface area (Å²) < 4.78 is -11.1. The van der Waals surface area contributed by atoms with Crippen LogP contribution in [0.3, 0.4) is 0 Å². The van der Waals surface area contributed by atoms with Crippen molar-refractivity contribution >= 4 is 303 Å². The van der Waals surface area contributed by atoms with Crippen LogP contribution in [0.4, 0.5) is 0 Å². The molecule has 0 aromatic carbocycles. The third-order valence-electron chi connectivity index (χ3n) is 3.10. The number of hydrogen-bond donors (Lipinski definition) is 0. The third-order valence-corrected chi connectivity index (χ3v) is 38.4. The van der Waals surface area contributed by atoms with Crippen LogP contribution in [0.1, 0.15) is 0 Å². The largest absolute Gasteiger partial charge is 0.219 e. The fourth-order valence-corrected chi connectivity index (χ4v) is 17.9. The molecule has 0 spiro atoms. The Labute approximate surface area is 328 Å². The van der Waals surface area contributed by atoms with Gasteiger partial charge in [0.25, 0.3) is 0 Å². The fraction of sp³-hybridized carbons (Fsp3) is 1.00. The molecule has 0 aromatic heterocycles. The van der Waals surface area contributed by atoms with Gasteiger partial charge in [-0.1, -0.05) is 287 Å². The van der Waals surface area contributed by atoms with E-state index in [1.54, 1.807) is 0 Å². The average Bonchev–Trinajstić information content (AvgIpc) is 2.43. The highest BCUT2D eigenvalue weighted by Crippen LogP contribution is 2.78. The van der Waals surface area contributed by atoms with Gasteiger partial charge in [-0.05, 0) is 15.9 Å². The number of hydrogen-bond acceptors (Lipinski definition) is 0. The van der Waals surface area contributed by atoms with Crippen molar-refractivity contribution in [3.8, 4) is 0 Å². The molecule has 0 bridgehead atoms. The summed E-state index contributed by atoms with van der Waals surface area (Å²) in [6.45, 7) is 0. The van der Waals surface area contributed by atoms with E-state index in [-0.39, 0.29) is 0 Å². The molecule has 0 saturated carbocycles. The molecule has 0 aliphatic heterocycles. The number of alkyl halides is 19. The normalized spacial score (nSPS) is 18.6. The first-order chi connectivity index (χ1) is 12.0. The van der Waals surface area contributed by atoms with E-state index in [1.165, 1.54) is 0 Å². The minimum Gasteiger partial charge on any atom is -0.211 e. The first-order valence-electron chi connectivity index (χ1n) is 5.79. The molecule has 0 rings (SSSR count). The van der Waals surface area contributed by atoms with Gasteiger partial charge in [-0.25, -0.2) is 5.11 Å². The molecule has 0 N–H and O–H groups in total. The van der Waals surface area contributed by atoms with Crippen molar-refractivity contribution in [1.29, 1.82) is 0 Å². The second-order valence-electron chi connectivity index (χ2n) is 5.04. The maximum atomic E-state index is 13.7. The lowest BCUT2D eigenvalue weighted by Crippen LogP contribution is -2.69. The van der Waals surface area contributed by atoms with Crippen LogP contribution < -0.4 is 0 Å². The monoisotopic (exact) mass is 1620 g/mol.